The number of aromatic nitrogens is 2. The van der Waals surface area contributed by atoms with Crippen LogP contribution in [0.5, 0.6) is 5.88 Å². The van der Waals surface area contributed by atoms with Gasteiger partial charge in [0.25, 0.3) is 0 Å². The Morgan fingerprint density at radius 1 is 0.720 bits per heavy atom. The van der Waals surface area contributed by atoms with Crippen LogP contribution in [-0.2, 0) is 0 Å². The van der Waals surface area contributed by atoms with E-state index >= 15 is 0 Å². The van der Waals surface area contributed by atoms with Gasteiger partial charge in [0.05, 0.1) is 10.9 Å². The molecule has 0 fully saturated rings. The highest BCUT2D eigenvalue weighted by molar-refractivity contribution is 5.86. The van der Waals surface area contributed by atoms with Gasteiger partial charge in [-0.25, -0.2) is 4.98 Å². The van der Waals surface area contributed by atoms with Crippen molar-refractivity contribution in [2.24, 2.45) is 0 Å². The summed E-state index contributed by atoms with van der Waals surface area (Å²) in [6.07, 6.45) is 0. The average molecular weight is 324 g/mol. The van der Waals surface area contributed by atoms with E-state index in [1.165, 1.54) is 0 Å². The van der Waals surface area contributed by atoms with Crippen LogP contribution in [-0.4, -0.2) is 9.97 Å². The second-order valence-electron chi connectivity index (χ2n) is 5.63. The average Bonchev–Trinajstić information content (AvgIpc) is 2.69. The molecule has 1 heterocycles. The molecule has 3 nitrogen and oxygen atoms in total. The standard InChI is InChI=1S/C22H16N2O/c1-16(17-10-4-2-5-11-17)25-22-19-14-8-9-15-20(19)23-21(24-22)18-12-6-3-7-13-18/h2-15H,1H2. The second kappa shape index (κ2) is 6.57. The lowest BCUT2D eigenvalue weighted by Crippen LogP contribution is -1.99. The van der Waals surface area contributed by atoms with Crippen LogP contribution in [0.1, 0.15) is 5.56 Å². The Morgan fingerprint density at radius 3 is 2.12 bits per heavy atom. The van der Waals surface area contributed by atoms with Crippen LogP contribution in [0, 0.1) is 0 Å². The maximum atomic E-state index is 6.03. The van der Waals surface area contributed by atoms with Gasteiger partial charge in [-0.15, -0.1) is 0 Å². The first-order valence-electron chi connectivity index (χ1n) is 8.05. The molecule has 0 N–H and O–H groups in total. The summed E-state index contributed by atoms with van der Waals surface area (Å²) >= 11 is 0. The summed E-state index contributed by atoms with van der Waals surface area (Å²) in [5.41, 5.74) is 2.71. The van der Waals surface area contributed by atoms with Gasteiger partial charge >= 0.3 is 0 Å². The number of hydrogen-bond donors (Lipinski definition) is 0. The van der Waals surface area contributed by atoms with Crippen LogP contribution in [0.15, 0.2) is 91.5 Å². The third kappa shape index (κ3) is 3.12. The molecule has 0 saturated carbocycles. The van der Waals surface area contributed by atoms with Gasteiger partial charge in [-0.2, -0.15) is 4.98 Å². The summed E-state index contributed by atoms with van der Waals surface area (Å²) in [5, 5.41) is 0.860. The zero-order valence-electron chi connectivity index (χ0n) is 13.6. The molecule has 25 heavy (non-hydrogen) atoms. The molecule has 120 valence electrons. The van der Waals surface area contributed by atoms with Crippen LogP contribution in [0.4, 0.5) is 0 Å². The molecule has 0 radical (unpaired) electrons. The molecular formula is C22H16N2O. The minimum atomic E-state index is 0.512. The molecule has 0 aliphatic heterocycles. The maximum absolute atomic E-state index is 6.03. The van der Waals surface area contributed by atoms with Crippen LogP contribution in [0.2, 0.25) is 0 Å². The van der Waals surface area contributed by atoms with Gasteiger partial charge in [0, 0.05) is 11.1 Å². The smallest absolute Gasteiger partial charge is 0.230 e. The van der Waals surface area contributed by atoms with E-state index in [0.717, 1.165) is 22.0 Å². The molecule has 4 rings (SSSR count). The van der Waals surface area contributed by atoms with E-state index in [2.05, 4.69) is 16.5 Å². The number of rotatable bonds is 4. The lowest BCUT2D eigenvalue weighted by Gasteiger charge is -2.12. The third-order valence-corrected chi connectivity index (χ3v) is 3.92. The number of nitrogens with zero attached hydrogens (tertiary/aromatic N) is 2. The van der Waals surface area contributed by atoms with Gasteiger partial charge < -0.3 is 4.74 Å². The van der Waals surface area contributed by atoms with Crippen LogP contribution in [0.25, 0.3) is 28.0 Å². The van der Waals surface area contributed by atoms with Gasteiger partial charge in [0.1, 0.15) is 5.76 Å². The summed E-state index contributed by atoms with van der Waals surface area (Å²) in [5.74, 6) is 1.71. The van der Waals surface area contributed by atoms with Gasteiger partial charge in [-0.05, 0) is 12.1 Å². The Kier molecular flexibility index (Phi) is 3.97. The largest absolute Gasteiger partial charge is 0.438 e. The first-order chi connectivity index (χ1) is 12.3. The van der Waals surface area contributed by atoms with E-state index in [1.54, 1.807) is 0 Å². The fraction of sp³-hybridized carbons (Fsp3) is 0. The highest BCUT2D eigenvalue weighted by Crippen LogP contribution is 2.29. The van der Waals surface area contributed by atoms with Crippen molar-refractivity contribution in [2.45, 2.75) is 0 Å². The normalized spacial score (nSPS) is 10.6. The topological polar surface area (TPSA) is 35.0 Å². The van der Waals surface area contributed by atoms with Crippen LogP contribution >= 0.6 is 0 Å². The third-order valence-electron chi connectivity index (χ3n) is 3.92. The Balaban J connectivity index is 1.80. The highest BCUT2D eigenvalue weighted by Gasteiger charge is 2.12. The zero-order valence-corrected chi connectivity index (χ0v) is 13.6. The van der Waals surface area contributed by atoms with Crippen LogP contribution in [0.3, 0.4) is 0 Å². The zero-order chi connectivity index (χ0) is 17.1. The minimum absolute atomic E-state index is 0.512. The maximum Gasteiger partial charge on any atom is 0.230 e. The van der Waals surface area contributed by atoms with E-state index in [9.17, 15) is 0 Å². The molecule has 0 atom stereocenters. The molecule has 3 heteroatoms. The summed E-state index contributed by atoms with van der Waals surface area (Å²) in [6, 6.07) is 27.5. The monoisotopic (exact) mass is 324 g/mol. The summed E-state index contributed by atoms with van der Waals surface area (Å²) in [4.78, 5) is 9.31. The number of para-hydroxylation sites is 1. The summed E-state index contributed by atoms with van der Waals surface area (Å²) in [7, 11) is 0. The number of hydrogen-bond acceptors (Lipinski definition) is 3. The van der Waals surface area contributed by atoms with E-state index < -0.39 is 0 Å². The minimum Gasteiger partial charge on any atom is -0.438 e. The Labute approximate surface area is 146 Å². The molecule has 0 saturated heterocycles. The number of ether oxygens (including phenoxy) is 1. The first-order valence-corrected chi connectivity index (χ1v) is 8.05. The predicted molar refractivity (Wildman–Crippen MR) is 101 cm³/mol. The SMILES string of the molecule is C=C(Oc1nc(-c2ccccc2)nc2ccccc12)c1ccccc1. The lowest BCUT2D eigenvalue weighted by atomic mass is 10.2. The number of benzene rings is 3. The molecule has 4 aromatic rings. The molecular weight excluding hydrogens is 308 g/mol. The van der Waals surface area contributed by atoms with E-state index in [4.69, 9.17) is 4.74 Å². The Morgan fingerprint density at radius 2 is 1.36 bits per heavy atom. The molecule has 0 bridgehead atoms. The molecule has 3 aromatic carbocycles. The van der Waals surface area contributed by atoms with Crippen molar-refractivity contribution in [1.82, 2.24) is 9.97 Å². The Hall–Kier alpha value is -3.46. The van der Waals surface area contributed by atoms with E-state index in [0.29, 0.717) is 17.5 Å². The Bertz CT molecular complexity index is 1030. The van der Waals surface area contributed by atoms with Crippen LogP contribution < -0.4 is 4.74 Å². The summed E-state index contributed by atoms with van der Waals surface area (Å²) < 4.78 is 6.03. The fourth-order valence-corrected chi connectivity index (χ4v) is 2.64. The fourth-order valence-electron chi connectivity index (χ4n) is 2.64. The van der Waals surface area contributed by atoms with Crippen molar-refractivity contribution in [3.05, 3.63) is 97.1 Å². The van der Waals surface area contributed by atoms with Gasteiger partial charge in [0.15, 0.2) is 5.82 Å². The second-order valence-corrected chi connectivity index (χ2v) is 5.63. The molecule has 0 unspecified atom stereocenters. The number of fused-ring (bicyclic) bond motifs is 1. The predicted octanol–water partition coefficient (Wildman–Crippen LogP) is 5.35. The molecule has 0 amide bonds. The van der Waals surface area contributed by atoms with E-state index in [1.807, 2.05) is 84.9 Å². The lowest BCUT2D eigenvalue weighted by molar-refractivity contribution is 0.501. The molecule has 0 aliphatic carbocycles. The molecule has 0 spiro atoms. The van der Waals surface area contributed by atoms with Crippen molar-refractivity contribution in [1.29, 1.82) is 0 Å². The molecule has 0 aliphatic rings. The van der Waals surface area contributed by atoms with E-state index in [-0.39, 0.29) is 0 Å². The highest BCUT2D eigenvalue weighted by atomic mass is 16.5. The first kappa shape index (κ1) is 15.1. The van der Waals surface area contributed by atoms with Crippen molar-refractivity contribution in [2.75, 3.05) is 0 Å². The summed E-state index contributed by atoms with van der Waals surface area (Å²) in [6.45, 7) is 4.05. The van der Waals surface area contributed by atoms with Crippen molar-refractivity contribution >= 4 is 16.7 Å². The van der Waals surface area contributed by atoms with Gasteiger partial charge in [-0.3, -0.25) is 0 Å². The van der Waals surface area contributed by atoms with Gasteiger partial charge in [0.2, 0.25) is 5.88 Å². The van der Waals surface area contributed by atoms with Crippen molar-refractivity contribution in [3.63, 3.8) is 0 Å². The van der Waals surface area contributed by atoms with Crippen molar-refractivity contribution < 1.29 is 4.74 Å². The van der Waals surface area contributed by atoms with Gasteiger partial charge in [-0.1, -0.05) is 79.4 Å². The van der Waals surface area contributed by atoms with Crippen molar-refractivity contribution in [3.8, 4) is 17.3 Å². The molecule has 1 aromatic heterocycles. The quantitative estimate of drug-likeness (QED) is 0.475.